The molecule has 0 radical (unpaired) electrons. The van der Waals surface area contributed by atoms with Gasteiger partial charge in [-0.3, -0.25) is 0 Å². The Kier molecular flexibility index (Phi) is 6.08. The van der Waals surface area contributed by atoms with Crippen LogP contribution in [0.15, 0.2) is 0 Å². The summed E-state index contributed by atoms with van der Waals surface area (Å²) >= 11 is 0. The van der Waals surface area contributed by atoms with Gasteiger partial charge < -0.3 is 26.0 Å². The van der Waals surface area contributed by atoms with Crippen LogP contribution in [-0.2, 0) is 14.3 Å². The molecule has 7 nitrogen and oxygen atoms in total. The van der Waals surface area contributed by atoms with Gasteiger partial charge in [0, 0.05) is 13.0 Å². The highest BCUT2D eigenvalue weighted by atomic mass is 16.7. The van der Waals surface area contributed by atoms with E-state index in [4.69, 9.17) is 21.3 Å². The van der Waals surface area contributed by atoms with Gasteiger partial charge in [-0.15, -0.1) is 0 Å². The van der Waals surface area contributed by atoms with Gasteiger partial charge >= 0.3 is 12.1 Å². The Hall–Kier alpha value is -1.18. The second kappa shape index (κ2) is 6.53. The molecule has 0 fully saturated rings. The molecule has 0 rings (SSSR count). The minimum absolute atomic E-state index is 0.0204. The van der Waals surface area contributed by atoms with Crippen LogP contribution in [0.3, 0.4) is 0 Å². The minimum atomic E-state index is -1.11. The monoisotopic (exact) mass is 248 g/mol. The number of aliphatic hydroxyl groups is 1. The maximum absolute atomic E-state index is 11.3. The first kappa shape index (κ1) is 15.8. The highest BCUT2D eigenvalue weighted by Gasteiger charge is 2.25. The predicted octanol–water partition coefficient (Wildman–Crippen LogP) is -0.498. The van der Waals surface area contributed by atoms with E-state index in [2.05, 4.69) is 4.74 Å². The normalized spacial score (nSPS) is 14.9. The molecule has 0 amide bonds. The SMILES string of the molecule is CC(C)(C)OC(=O)OC(=O)[C@@H](N)CC(O)CN. The van der Waals surface area contributed by atoms with E-state index < -0.39 is 29.9 Å². The zero-order valence-electron chi connectivity index (χ0n) is 10.3. The molecule has 100 valence electrons. The number of aliphatic hydroxyl groups excluding tert-OH is 1. The Balaban J connectivity index is 4.12. The fourth-order valence-corrected chi connectivity index (χ4v) is 0.914. The molecule has 5 N–H and O–H groups in total. The fourth-order valence-electron chi connectivity index (χ4n) is 0.914. The minimum Gasteiger partial charge on any atom is -0.428 e. The van der Waals surface area contributed by atoms with Crippen LogP contribution in [-0.4, -0.2) is 41.5 Å². The summed E-state index contributed by atoms with van der Waals surface area (Å²) in [5, 5.41) is 9.17. The number of rotatable bonds is 4. The van der Waals surface area contributed by atoms with Crippen molar-refractivity contribution < 1.29 is 24.2 Å². The summed E-state index contributed by atoms with van der Waals surface area (Å²) < 4.78 is 9.12. The van der Waals surface area contributed by atoms with Gasteiger partial charge in [-0.05, 0) is 20.8 Å². The van der Waals surface area contributed by atoms with E-state index >= 15 is 0 Å². The van der Waals surface area contributed by atoms with Crippen molar-refractivity contribution in [1.29, 1.82) is 0 Å². The van der Waals surface area contributed by atoms with Crippen molar-refractivity contribution in [1.82, 2.24) is 0 Å². The molecule has 0 spiro atoms. The number of ether oxygens (including phenoxy) is 2. The Morgan fingerprint density at radius 1 is 1.35 bits per heavy atom. The summed E-state index contributed by atoms with van der Waals surface area (Å²) in [6, 6.07) is -1.11. The van der Waals surface area contributed by atoms with Crippen molar-refractivity contribution in [2.45, 2.75) is 44.9 Å². The number of carbonyl (C=O) groups is 2. The Bertz CT molecular complexity index is 274. The van der Waals surface area contributed by atoms with E-state index in [9.17, 15) is 9.59 Å². The molecule has 0 aliphatic heterocycles. The van der Waals surface area contributed by atoms with Crippen molar-refractivity contribution in [2.24, 2.45) is 11.5 Å². The first-order valence-electron chi connectivity index (χ1n) is 5.24. The average Bonchev–Trinajstić information content (AvgIpc) is 2.14. The van der Waals surface area contributed by atoms with E-state index in [0.29, 0.717) is 0 Å². The van der Waals surface area contributed by atoms with Gasteiger partial charge in [0.1, 0.15) is 11.6 Å². The van der Waals surface area contributed by atoms with E-state index in [1.165, 1.54) is 0 Å². The molecular weight excluding hydrogens is 228 g/mol. The van der Waals surface area contributed by atoms with Gasteiger partial charge in [0.15, 0.2) is 0 Å². The molecule has 0 aromatic carbocycles. The molecule has 0 bridgehead atoms. The molecule has 0 aromatic rings. The molecule has 1 unspecified atom stereocenters. The molecular formula is C10H20N2O5. The van der Waals surface area contributed by atoms with Crippen molar-refractivity contribution >= 4 is 12.1 Å². The number of hydrogen-bond acceptors (Lipinski definition) is 7. The van der Waals surface area contributed by atoms with E-state index in [1.54, 1.807) is 20.8 Å². The van der Waals surface area contributed by atoms with Gasteiger partial charge in [-0.2, -0.15) is 0 Å². The van der Waals surface area contributed by atoms with Gasteiger partial charge in [-0.25, -0.2) is 9.59 Å². The average molecular weight is 248 g/mol. The highest BCUT2D eigenvalue weighted by molar-refractivity contribution is 5.85. The Morgan fingerprint density at radius 2 is 1.88 bits per heavy atom. The summed E-state index contributed by atoms with van der Waals surface area (Å²) in [6.45, 7) is 4.89. The van der Waals surface area contributed by atoms with Crippen LogP contribution in [0.25, 0.3) is 0 Å². The largest absolute Gasteiger partial charge is 0.516 e. The quantitative estimate of drug-likeness (QED) is 0.452. The summed E-state index contributed by atoms with van der Waals surface area (Å²) in [5.74, 6) is -0.952. The van der Waals surface area contributed by atoms with Crippen LogP contribution in [0.2, 0.25) is 0 Å². The molecule has 7 heteroatoms. The third-order valence-corrected chi connectivity index (χ3v) is 1.67. The second-order valence-corrected chi connectivity index (χ2v) is 4.62. The van der Waals surface area contributed by atoms with Gasteiger partial charge in [0.2, 0.25) is 0 Å². The van der Waals surface area contributed by atoms with Crippen molar-refractivity contribution in [2.75, 3.05) is 6.54 Å². The lowest BCUT2D eigenvalue weighted by Gasteiger charge is -2.19. The zero-order chi connectivity index (χ0) is 13.6. The lowest BCUT2D eigenvalue weighted by atomic mass is 10.1. The van der Waals surface area contributed by atoms with Crippen LogP contribution < -0.4 is 11.5 Å². The molecule has 0 aliphatic rings. The first-order valence-corrected chi connectivity index (χ1v) is 5.24. The highest BCUT2D eigenvalue weighted by Crippen LogP contribution is 2.08. The summed E-state index contributed by atoms with van der Waals surface area (Å²) in [5.41, 5.74) is 9.81. The standard InChI is InChI=1S/C10H20N2O5/c1-10(2,3)17-9(15)16-8(14)7(12)4-6(13)5-11/h6-7,13H,4-5,11-12H2,1-3H3/t6?,7-/m0/s1. The predicted molar refractivity (Wildman–Crippen MR) is 60.0 cm³/mol. The fraction of sp³-hybridized carbons (Fsp3) is 0.800. The van der Waals surface area contributed by atoms with Crippen LogP contribution in [0.5, 0.6) is 0 Å². The maximum atomic E-state index is 11.3. The third-order valence-electron chi connectivity index (χ3n) is 1.67. The zero-order valence-corrected chi connectivity index (χ0v) is 10.3. The molecule has 0 aliphatic carbocycles. The van der Waals surface area contributed by atoms with Gasteiger partial charge in [0.05, 0.1) is 6.10 Å². The lowest BCUT2D eigenvalue weighted by molar-refractivity contribution is -0.143. The summed E-state index contributed by atoms with van der Waals surface area (Å²) in [7, 11) is 0. The molecule has 0 aromatic heterocycles. The summed E-state index contributed by atoms with van der Waals surface area (Å²) in [4.78, 5) is 22.4. The topological polar surface area (TPSA) is 125 Å². The first-order chi connectivity index (χ1) is 7.65. The number of esters is 1. The van der Waals surface area contributed by atoms with Crippen LogP contribution in [0.4, 0.5) is 4.79 Å². The molecule has 0 heterocycles. The van der Waals surface area contributed by atoms with Crippen LogP contribution in [0, 0.1) is 0 Å². The third kappa shape index (κ3) is 7.67. The van der Waals surface area contributed by atoms with E-state index in [1.807, 2.05) is 0 Å². The smallest absolute Gasteiger partial charge is 0.428 e. The molecule has 0 saturated carbocycles. The lowest BCUT2D eigenvalue weighted by Crippen LogP contribution is -2.39. The van der Waals surface area contributed by atoms with Gasteiger partial charge in [-0.1, -0.05) is 0 Å². The molecule has 2 atom stereocenters. The van der Waals surface area contributed by atoms with Crippen molar-refractivity contribution in [3.63, 3.8) is 0 Å². The van der Waals surface area contributed by atoms with Crippen LogP contribution >= 0.6 is 0 Å². The van der Waals surface area contributed by atoms with E-state index in [-0.39, 0.29) is 13.0 Å². The molecule has 0 saturated heterocycles. The van der Waals surface area contributed by atoms with Gasteiger partial charge in [0.25, 0.3) is 0 Å². The van der Waals surface area contributed by atoms with E-state index in [0.717, 1.165) is 0 Å². The number of hydrogen-bond donors (Lipinski definition) is 3. The Morgan fingerprint density at radius 3 is 2.29 bits per heavy atom. The number of carbonyl (C=O) groups excluding carboxylic acids is 2. The second-order valence-electron chi connectivity index (χ2n) is 4.62. The van der Waals surface area contributed by atoms with Crippen LogP contribution in [0.1, 0.15) is 27.2 Å². The van der Waals surface area contributed by atoms with Crippen molar-refractivity contribution in [3.05, 3.63) is 0 Å². The number of nitrogens with two attached hydrogens (primary N) is 2. The van der Waals surface area contributed by atoms with Crippen molar-refractivity contribution in [3.8, 4) is 0 Å². The maximum Gasteiger partial charge on any atom is 0.516 e. The summed E-state index contributed by atoms with van der Waals surface area (Å²) in [6.07, 6.45) is -2.09. The molecule has 17 heavy (non-hydrogen) atoms. The Labute approximate surface area is 100 Å².